The summed E-state index contributed by atoms with van der Waals surface area (Å²) >= 11 is 0. The van der Waals surface area contributed by atoms with Crippen LogP contribution < -0.4 is 10.5 Å². The van der Waals surface area contributed by atoms with Crippen molar-refractivity contribution in [1.29, 1.82) is 0 Å². The number of hydrogen-bond acceptors (Lipinski definition) is 4. The first-order chi connectivity index (χ1) is 10.0. The number of aryl methyl sites for hydroxylation is 1. The lowest BCUT2D eigenvalue weighted by molar-refractivity contribution is -0.384. The maximum Gasteiger partial charge on any atom is 0.269 e. The van der Waals surface area contributed by atoms with Gasteiger partial charge in [0.2, 0.25) is 0 Å². The Balaban J connectivity index is 2.33. The van der Waals surface area contributed by atoms with Crippen molar-refractivity contribution in [2.45, 2.75) is 26.3 Å². The van der Waals surface area contributed by atoms with E-state index in [1.54, 1.807) is 13.0 Å². The lowest BCUT2D eigenvalue weighted by atomic mass is 10.0. The Hall–Kier alpha value is -2.40. The van der Waals surface area contributed by atoms with Gasteiger partial charge in [0.15, 0.2) is 0 Å². The molecule has 0 fully saturated rings. The van der Waals surface area contributed by atoms with Gasteiger partial charge in [0.25, 0.3) is 5.69 Å². The molecule has 0 aromatic heterocycles. The van der Waals surface area contributed by atoms with Gasteiger partial charge in [0, 0.05) is 23.7 Å². The summed E-state index contributed by atoms with van der Waals surface area (Å²) in [7, 11) is 0. The molecule has 0 unspecified atom stereocenters. The molecule has 21 heavy (non-hydrogen) atoms. The number of nitrogens with zero attached hydrogens (tertiary/aromatic N) is 1. The predicted molar refractivity (Wildman–Crippen MR) is 81.6 cm³/mol. The molecule has 0 aliphatic carbocycles. The predicted octanol–water partition coefficient (Wildman–Crippen LogP) is 4.11. The Kier molecular flexibility index (Phi) is 4.55. The maximum absolute atomic E-state index is 10.8. The molecule has 1 atom stereocenters. The zero-order chi connectivity index (χ0) is 15.4. The number of ether oxygens (including phenoxy) is 1. The summed E-state index contributed by atoms with van der Waals surface area (Å²) in [5, 5.41) is 10.8. The zero-order valence-electron chi connectivity index (χ0n) is 12.1. The van der Waals surface area contributed by atoms with E-state index >= 15 is 0 Å². The summed E-state index contributed by atoms with van der Waals surface area (Å²) in [5.74, 6) is 1.28. The Morgan fingerprint density at radius 2 is 1.95 bits per heavy atom. The third kappa shape index (κ3) is 3.38. The van der Waals surface area contributed by atoms with E-state index in [0.717, 1.165) is 12.0 Å². The topological polar surface area (TPSA) is 78.4 Å². The average molecular weight is 286 g/mol. The number of nitro groups is 1. The second kappa shape index (κ2) is 6.37. The number of nitrogens with two attached hydrogens (primary N) is 1. The van der Waals surface area contributed by atoms with E-state index in [2.05, 4.69) is 0 Å². The highest BCUT2D eigenvalue weighted by atomic mass is 16.6. The van der Waals surface area contributed by atoms with Crippen molar-refractivity contribution in [3.63, 3.8) is 0 Å². The molecule has 0 aliphatic heterocycles. The van der Waals surface area contributed by atoms with Gasteiger partial charge in [-0.1, -0.05) is 25.1 Å². The molecule has 0 saturated heterocycles. The second-order valence-corrected chi connectivity index (χ2v) is 4.86. The normalized spacial score (nSPS) is 12.0. The lowest BCUT2D eigenvalue weighted by Gasteiger charge is -2.16. The van der Waals surface area contributed by atoms with Crippen molar-refractivity contribution < 1.29 is 9.66 Å². The highest BCUT2D eigenvalue weighted by molar-refractivity contribution is 5.46. The van der Waals surface area contributed by atoms with Crippen molar-refractivity contribution >= 4 is 5.69 Å². The minimum absolute atomic E-state index is 0.0541. The molecule has 0 aliphatic rings. The summed E-state index contributed by atoms with van der Waals surface area (Å²) in [6.45, 7) is 3.79. The minimum Gasteiger partial charge on any atom is -0.457 e. The van der Waals surface area contributed by atoms with E-state index in [1.807, 2.05) is 31.2 Å². The van der Waals surface area contributed by atoms with E-state index in [4.69, 9.17) is 10.5 Å². The molecule has 2 rings (SSSR count). The van der Waals surface area contributed by atoms with Crippen LogP contribution in [0.15, 0.2) is 42.5 Å². The summed E-state index contributed by atoms with van der Waals surface area (Å²) < 4.78 is 5.90. The van der Waals surface area contributed by atoms with Crippen LogP contribution in [0, 0.1) is 17.0 Å². The van der Waals surface area contributed by atoms with Crippen LogP contribution >= 0.6 is 0 Å². The maximum atomic E-state index is 10.8. The van der Waals surface area contributed by atoms with Crippen molar-refractivity contribution in [1.82, 2.24) is 0 Å². The fourth-order valence-corrected chi connectivity index (χ4v) is 2.08. The smallest absolute Gasteiger partial charge is 0.269 e. The van der Waals surface area contributed by atoms with E-state index < -0.39 is 4.92 Å². The number of para-hydroxylation sites is 1. The Bertz CT molecular complexity index is 656. The first-order valence-corrected chi connectivity index (χ1v) is 6.80. The lowest BCUT2D eigenvalue weighted by Crippen LogP contribution is -2.09. The molecule has 2 aromatic carbocycles. The summed E-state index contributed by atoms with van der Waals surface area (Å²) in [5.41, 5.74) is 7.78. The third-order valence-electron chi connectivity index (χ3n) is 3.35. The van der Waals surface area contributed by atoms with E-state index in [0.29, 0.717) is 17.1 Å². The van der Waals surface area contributed by atoms with Crippen LogP contribution in [-0.4, -0.2) is 4.92 Å². The van der Waals surface area contributed by atoms with Gasteiger partial charge < -0.3 is 10.5 Å². The molecule has 0 bridgehead atoms. The molecule has 5 heteroatoms. The fourth-order valence-electron chi connectivity index (χ4n) is 2.08. The minimum atomic E-state index is -0.419. The molecular weight excluding hydrogens is 268 g/mol. The third-order valence-corrected chi connectivity index (χ3v) is 3.35. The van der Waals surface area contributed by atoms with Gasteiger partial charge in [-0.15, -0.1) is 0 Å². The van der Waals surface area contributed by atoms with Gasteiger partial charge in [-0.3, -0.25) is 10.1 Å². The van der Waals surface area contributed by atoms with E-state index in [-0.39, 0.29) is 11.7 Å². The van der Waals surface area contributed by atoms with Crippen LogP contribution in [-0.2, 0) is 0 Å². The van der Waals surface area contributed by atoms with Gasteiger partial charge in [-0.05, 0) is 31.0 Å². The quantitative estimate of drug-likeness (QED) is 0.662. The van der Waals surface area contributed by atoms with Crippen molar-refractivity contribution in [2.75, 3.05) is 0 Å². The molecular formula is C16H18N2O3. The van der Waals surface area contributed by atoms with Crippen LogP contribution in [0.1, 0.15) is 30.5 Å². The standard InChI is InChI=1S/C16H18N2O3/c1-3-14(17)13-6-4-5-7-16(13)21-15-9-8-12(18(19)20)10-11(15)2/h4-10,14H,3,17H2,1-2H3/t14-/m1/s1. The molecule has 2 N–H and O–H groups in total. The molecule has 110 valence electrons. The molecule has 0 radical (unpaired) electrons. The molecule has 5 nitrogen and oxygen atoms in total. The number of non-ortho nitro benzene ring substituents is 1. The first-order valence-electron chi connectivity index (χ1n) is 6.80. The van der Waals surface area contributed by atoms with E-state index in [1.165, 1.54) is 12.1 Å². The second-order valence-electron chi connectivity index (χ2n) is 4.86. The number of nitro benzene ring substituents is 1. The largest absolute Gasteiger partial charge is 0.457 e. The Labute approximate surface area is 123 Å². The average Bonchev–Trinajstić information content (AvgIpc) is 2.49. The highest BCUT2D eigenvalue weighted by Crippen LogP contribution is 2.32. The van der Waals surface area contributed by atoms with Crippen LogP contribution in [0.4, 0.5) is 5.69 Å². The van der Waals surface area contributed by atoms with Gasteiger partial charge in [0.1, 0.15) is 11.5 Å². The van der Waals surface area contributed by atoms with Crippen molar-refractivity contribution in [2.24, 2.45) is 5.73 Å². The van der Waals surface area contributed by atoms with Crippen molar-refractivity contribution in [3.05, 3.63) is 63.7 Å². The summed E-state index contributed by atoms with van der Waals surface area (Å²) in [6.07, 6.45) is 0.805. The molecule has 0 heterocycles. The summed E-state index contributed by atoms with van der Waals surface area (Å²) in [6, 6.07) is 12.0. The monoisotopic (exact) mass is 286 g/mol. The molecule has 0 spiro atoms. The zero-order valence-corrected chi connectivity index (χ0v) is 12.1. The van der Waals surface area contributed by atoms with Crippen LogP contribution in [0.3, 0.4) is 0 Å². The summed E-state index contributed by atoms with van der Waals surface area (Å²) in [4.78, 5) is 10.3. The van der Waals surface area contributed by atoms with Crippen LogP contribution in [0.5, 0.6) is 11.5 Å². The Morgan fingerprint density at radius 1 is 1.24 bits per heavy atom. The molecule has 2 aromatic rings. The highest BCUT2D eigenvalue weighted by Gasteiger charge is 2.13. The first kappa shape index (κ1) is 15.0. The SMILES string of the molecule is CC[C@@H](N)c1ccccc1Oc1ccc([N+](=O)[O-])cc1C. The molecule has 0 amide bonds. The van der Waals surface area contributed by atoms with Gasteiger partial charge >= 0.3 is 0 Å². The van der Waals surface area contributed by atoms with Crippen LogP contribution in [0.25, 0.3) is 0 Å². The van der Waals surface area contributed by atoms with Gasteiger partial charge in [-0.2, -0.15) is 0 Å². The van der Waals surface area contributed by atoms with Gasteiger partial charge in [-0.25, -0.2) is 0 Å². The number of benzene rings is 2. The van der Waals surface area contributed by atoms with Gasteiger partial charge in [0.05, 0.1) is 4.92 Å². The number of rotatable bonds is 5. The Morgan fingerprint density at radius 3 is 2.57 bits per heavy atom. The fraction of sp³-hybridized carbons (Fsp3) is 0.250. The molecule has 0 saturated carbocycles. The van der Waals surface area contributed by atoms with Crippen molar-refractivity contribution in [3.8, 4) is 11.5 Å². The van der Waals surface area contributed by atoms with E-state index in [9.17, 15) is 10.1 Å². The van der Waals surface area contributed by atoms with Crippen LogP contribution in [0.2, 0.25) is 0 Å². The number of hydrogen-bond donors (Lipinski definition) is 1.